The number of aryl methyl sites for hydroxylation is 1. The van der Waals surface area contributed by atoms with Crippen molar-refractivity contribution in [2.45, 2.75) is 6.42 Å². The number of pyridine rings is 1. The maximum Gasteiger partial charge on any atom is 0.271 e. The first kappa shape index (κ1) is 18.0. The molecule has 0 saturated heterocycles. The summed E-state index contributed by atoms with van der Waals surface area (Å²) in [5, 5.41) is 11.5. The maximum atomic E-state index is 12.3. The smallest absolute Gasteiger partial charge is 0.271 e. The van der Waals surface area contributed by atoms with E-state index in [4.69, 9.17) is 4.74 Å². The summed E-state index contributed by atoms with van der Waals surface area (Å²) in [5.41, 5.74) is 3.53. The van der Waals surface area contributed by atoms with Gasteiger partial charge in [-0.15, -0.1) is 0 Å². The number of methoxy groups -OCH3 is 1. The number of nitrogens with one attached hydrogen (secondary N) is 1. The Morgan fingerprint density at radius 2 is 2.00 bits per heavy atom. The third-order valence-electron chi connectivity index (χ3n) is 4.54. The highest BCUT2D eigenvalue weighted by Gasteiger charge is 2.12. The van der Waals surface area contributed by atoms with Gasteiger partial charge in [0.25, 0.3) is 5.91 Å². The molecule has 8 nitrogen and oxygen atoms in total. The Kier molecular flexibility index (Phi) is 4.94. The zero-order chi connectivity index (χ0) is 19.5. The van der Waals surface area contributed by atoms with Crippen LogP contribution < -0.4 is 5.32 Å². The van der Waals surface area contributed by atoms with E-state index in [0.717, 1.165) is 28.9 Å². The van der Waals surface area contributed by atoms with Crippen LogP contribution in [-0.2, 0) is 11.8 Å². The molecular weight excluding hydrogens is 356 g/mol. The zero-order valence-corrected chi connectivity index (χ0v) is 15.9. The van der Waals surface area contributed by atoms with Crippen molar-refractivity contribution >= 4 is 11.4 Å². The number of ether oxygens (including phenoxy) is 1. The molecule has 0 aliphatic carbocycles. The summed E-state index contributed by atoms with van der Waals surface area (Å²) in [4.78, 5) is 12.3. The molecule has 1 amide bonds. The van der Waals surface area contributed by atoms with Gasteiger partial charge in [-0.3, -0.25) is 9.48 Å². The molecule has 4 aromatic heterocycles. The molecule has 0 spiro atoms. The Balaban J connectivity index is 1.59. The first-order chi connectivity index (χ1) is 13.7. The standard InChI is InChI=1S/C20H22N6O2/c1-24-13-16(12-22-24)15-4-5-17-6-7-19(25(17)14-15)26-10-8-18(23-26)20(27)21-9-3-11-28-2/h4-8,10,12-14H,3,9,11H2,1-2H3,(H,21,27). The van der Waals surface area contributed by atoms with E-state index in [2.05, 4.69) is 32.0 Å². The van der Waals surface area contributed by atoms with Crippen LogP contribution >= 0.6 is 0 Å². The number of amides is 1. The van der Waals surface area contributed by atoms with E-state index in [0.29, 0.717) is 18.8 Å². The molecule has 4 aromatic rings. The second-order valence-electron chi connectivity index (χ2n) is 6.55. The fourth-order valence-corrected chi connectivity index (χ4v) is 3.10. The van der Waals surface area contributed by atoms with Crippen molar-refractivity contribution in [3.8, 4) is 16.9 Å². The first-order valence-electron chi connectivity index (χ1n) is 9.09. The lowest BCUT2D eigenvalue weighted by Crippen LogP contribution is -2.25. The molecule has 1 N–H and O–H groups in total. The van der Waals surface area contributed by atoms with E-state index < -0.39 is 0 Å². The Hall–Kier alpha value is -3.39. The van der Waals surface area contributed by atoms with Gasteiger partial charge in [-0.1, -0.05) is 6.07 Å². The summed E-state index contributed by atoms with van der Waals surface area (Å²) < 4.78 is 10.5. The summed E-state index contributed by atoms with van der Waals surface area (Å²) in [5.74, 6) is 0.672. The van der Waals surface area contributed by atoms with Crippen molar-refractivity contribution < 1.29 is 9.53 Å². The SMILES string of the molecule is COCCCNC(=O)c1ccn(-c2ccc3ccc(-c4cnn(C)c4)cn23)n1. The summed E-state index contributed by atoms with van der Waals surface area (Å²) >= 11 is 0. The highest BCUT2D eigenvalue weighted by atomic mass is 16.5. The molecule has 0 unspecified atom stereocenters. The predicted molar refractivity (Wildman–Crippen MR) is 106 cm³/mol. The number of nitrogens with zero attached hydrogens (tertiary/aromatic N) is 5. The van der Waals surface area contributed by atoms with Crippen LogP contribution in [0.1, 0.15) is 16.9 Å². The highest BCUT2D eigenvalue weighted by molar-refractivity contribution is 5.92. The van der Waals surface area contributed by atoms with Crippen molar-refractivity contribution in [2.75, 3.05) is 20.3 Å². The minimum Gasteiger partial charge on any atom is -0.385 e. The molecule has 0 aliphatic heterocycles. The molecule has 28 heavy (non-hydrogen) atoms. The minimum atomic E-state index is -0.188. The molecule has 144 valence electrons. The molecule has 0 atom stereocenters. The maximum absolute atomic E-state index is 12.3. The van der Waals surface area contributed by atoms with E-state index >= 15 is 0 Å². The number of hydrogen-bond donors (Lipinski definition) is 1. The van der Waals surface area contributed by atoms with E-state index in [-0.39, 0.29) is 5.91 Å². The summed E-state index contributed by atoms with van der Waals surface area (Å²) in [7, 11) is 3.54. The molecule has 4 heterocycles. The molecule has 8 heteroatoms. The van der Waals surface area contributed by atoms with Crippen LogP contribution in [0, 0.1) is 0 Å². The van der Waals surface area contributed by atoms with Crippen molar-refractivity contribution in [3.63, 3.8) is 0 Å². The second kappa shape index (κ2) is 7.69. The average Bonchev–Trinajstić information content (AvgIpc) is 3.43. The van der Waals surface area contributed by atoms with Gasteiger partial charge >= 0.3 is 0 Å². The lowest BCUT2D eigenvalue weighted by atomic mass is 10.1. The number of fused-ring (bicyclic) bond motifs is 1. The third-order valence-corrected chi connectivity index (χ3v) is 4.54. The van der Waals surface area contributed by atoms with Crippen LogP contribution in [0.5, 0.6) is 0 Å². The number of carbonyl (C=O) groups excluding carboxylic acids is 1. The molecule has 0 fully saturated rings. The van der Waals surface area contributed by atoms with E-state index in [1.807, 2.05) is 37.8 Å². The quantitative estimate of drug-likeness (QED) is 0.501. The predicted octanol–water partition coefficient (Wildman–Crippen LogP) is 2.29. The van der Waals surface area contributed by atoms with Crippen LogP contribution in [0.4, 0.5) is 0 Å². The largest absolute Gasteiger partial charge is 0.385 e. The third kappa shape index (κ3) is 3.54. The number of hydrogen-bond acceptors (Lipinski definition) is 4. The molecule has 0 radical (unpaired) electrons. The van der Waals surface area contributed by atoms with E-state index in [9.17, 15) is 4.79 Å². The lowest BCUT2D eigenvalue weighted by Gasteiger charge is -2.06. The Bertz CT molecular complexity index is 1110. The summed E-state index contributed by atoms with van der Waals surface area (Å²) in [6, 6.07) is 9.84. The van der Waals surface area contributed by atoms with Gasteiger partial charge < -0.3 is 14.5 Å². The molecule has 0 aromatic carbocycles. The minimum absolute atomic E-state index is 0.188. The van der Waals surface area contributed by atoms with Crippen LogP contribution in [0.2, 0.25) is 0 Å². The zero-order valence-electron chi connectivity index (χ0n) is 15.9. The number of rotatable bonds is 7. The van der Waals surface area contributed by atoms with Gasteiger partial charge in [0.15, 0.2) is 5.69 Å². The van der Waals surface area contributed by atoms with Crippen molar-refractivity contribution in [3.05, 3.63) is 60.8 Å². The van der Waals surface area contributed by atoms with Gasteiger partial charge in [0.1, 0.15) is 5.82 Å². The monoisotopic (exact) mass is 378 g/mol. The van der Waals surface area contributed by atoms with Crippen molar-refractivity contribution in [2.24, 2.45) is 7.05 Å². The van der Waals surface area contributed by atoms with Gasteiger partial charge in [0.05, 0.1) is 6.20 Å². The van der Waals surface area contributed by atoms with Crippen LogP contribution in [-0.4, -0.2) is 50.1 Å². The Morgan fingerprint density at radius 1 is 1.14 bits per heavy atom. The highest BCUT2D eigenvalue weighted by Crippen LogP contribution is 2.22. The molecule has 0 bridgehead atoms. The molecule has 0 saturated carbocycles. The fourth-order valence-electron chi connectivity index (χ4n) is 3.10. The van der Waals surface area contributed by atoms with Gasteiger partial charge in [0, 0.05) is 62.5 Å². The lowest BCUT2D eigenvalue weighted by molar-refractivity contribution is 0.0943. The van der Waals surface area contributed by atoms with Gasteiger partial charge in [-0.05, 0) is 30.7 Å². The number of aromatic nitrogens is 5. The van der Waals surface area contributed by atoms with Gasteiger partial charge in [-0.2, -0.15) is 10.2 Å². The van der Waals surface area contributed by atoms with E-state index in [1.165, 1.54) is 0 Å². The van der Waals surface area contributed by atoms with Crippen molar-refractivity contribution in [1.29, 1.82) is 0 Å². The van der Waals surface area contributed by atoms with Crippen LogP contribution in [0.3, 0.4) is 0 Å². The van der Waals surface area contributed by atoms with Crippen LogP contribution in [0.25, 0.3) is 22.5 Å². The van der Waals surface area contributed by atoms with Crippen LogP contribution in [0.15, 0.2) is 55.1 Å². The topological polar surface area (TPSA) is 78.4 Å². The van der Waals surface area contributed by atoms with E-state index in [1.54, 1.807) is 28.7 Å². The average molecular weight is 378 g/mol. The normalized spacial score (nSPS) is 11.2. The first-order valence-corrected chi connectivity index (χ1v) is 9.09. The Morgan fingerprint density at radius 3 is 2.79 bits per heavy atom. The number of carbonyl (C=O) groups is 1. The summed E-state index contributed by atoms with van der Waals surface area (Å²) in [6.07, 6.45) is 8.42. The second-order valence-corrected chi connectivity index (χ2v) is 6.55. The van der Waals surface area contributed by atoms with Gasteiger partial charge in [0.2, 0.25) is 0 Å². The molecule has 0 aliphatic rings. The summed E-state index contributed by atoms with van der Waals surface area (Å²) in [6.45, 7) is 1.17. The molecular formula is C20H22N6O2. The van der Waals surface area contributed by atoms with Gasteiger partial charge in [-0.25, -0.2) is 4.68 Å². The Labute approximate surface area is 162 Å². The van der Waals surface area contributed by atoms with Crippen molar-refractivity contribution in [1.82, 2.24) is 29.3 Å². The fraction of sp³-hybridized carbons (Fsp3) is 0.250. The molecule has 4 rings (SSSR count).